The average Bonchev–Trinajstić information content (AvgIpc) is 3.30. The third-order valence-corrected chi connectivity index (χ3v) is 5.32. The summed E-state index contributed by atoms with van der Waals surface area (Å²) in [5, 5.41) is 15.4. The van der Waals surface area contributed by atoms with E-state index < -0.39 is 6.10 Å². The van der Waals surface area contributed by atoms with Crippen molar-refractivity contribution in [2.45, 2.75) is 32.3 Å². The molecule has 27 heavy (non-hydrogen) atoms. The molecule has 1 atom stereocenters. The molecule has 4 rings (SSSR count). The maximum Gasteiger partial charge on any atom is 0.229 e. The van der Waals surface area contributed by atoms with Gasteiger partial charge in [-0.25, -0.2) is 0 Å². The summed E-state index contributed by atoms with van der Waals surface area (Å²) in [6.45, 7) is 4.59. The van der Waals surface area contributed by atoms with Crippen molar-refractivity contribution in [2.24, 2.45) is 0 Å². The standard InChI is InChI=1S/C20H24ClN5O/c1-13-12-15-18(22-9-8-17(27)14-6-2-3-7-16(14)21)24-20(25-19(15)23-13)26-10-4-5-11-26/h2-3,6-7,12,17,27H,4-5,8-11H2,1H3,(H2,22,23,24,25). The Balaban J connectivity index is 1.51. The van der Waals surface area contributed by atoms with Crippen molar-refractivity contribution < 1.29 is 5.11 Å². The van der Waals surface area contributed by atoms with E-state index in [0.29, 0.717) is 18.0 Å². The van der Waals surface area contributed by atoms with Gasteiger partial charge in [-0.15, -0.1) is 0 Å². The van der Waals surface area contributed by atoms with Gasteiger partial charge >= 0.3 is 0 Å². The molecule has 1 aliphatic heterocycles. The second-order valence-electron chi connectivity index (χ2n) is 7.03. The van der Waals surface area contributed by atoms with Gasteiger partial charge in [-0.1, -0.05) is 29.8 Å². The van der Waals surface area contributed by atoms with E-state index in [4.69, 9.17) is 21.6 Å². The fourth-order valence-corrected chi connectivity index (χ4v) is 3.81. The quantitative estimate of drug-likeness (QED) is 0.596. The van der Waals surface area contributed by atoms with Crippen LogP contribution in [-0.4, -0.2) is 39.7 Å². The summed E-state index contributed by atoms with van der Waals surface area (Å²) < 4.78 is 0. The van der Waals surface area contributed by atoms with E-state index in [9.17, 15) is 5.11 Å². The molecular formula is C20H24ClN5O. The fraction of sp³-hybridized carbons (Fsp3) is 0.400. The minimum Gasteiger partial charge on any atom is -0.388 e. The highest BCUT2D eigenvalue weighted by Gasteiger charge is 2.18. The Hall–Kier alpha value is -2.31. The largest absolute Gasteiger partial charge is 0.388 e. The number of hydrogen-bond acceptors (Lipinski definition) is 5. The summed E-state index contributed by atoms with van der Waals surface area (Å²) in [6.07, 6.45) is 2.28. The number of benzene rings is 1. The lowest BCUT2D eigenvalue weighted by molar-refractivity contribution is 0.172. The summed E-state index contributed by atoms with van der Waals surface area (Å²) in [6, 6.07) is 9.46. The lowest BCUT2D eigenvalue weighted by Crippen LogP contribution is -2.21. The molecule has 3 aromatic rings. The third kappa shape index (κ3) is 3.87. The van der Waals surface area contributed by atoms with Crippen LogP contribution in [0.2, 0.25) is 5.02 Å². The average molecular weight is 386 g/mol. The second-order valence-corrected chi connectivity index (χ2v) is 7.44. The number of H-pyrrole nitrogens is 1. The fourth-order valence-electron chi connectivity index (χ4n) is 3.55. The Morgan fingerprint density at radius 3 is 2.81 bits per heavy atom. The molecule has 1 saturated heterocycles. The molecule has 0 radical (unpaired) electrons. The van der Waals surface area contributed by atoms with Crippen molar-refractivity contribution in [2.75, 3.05) is 29.9 Å². The first kappa shape index (κ1) is 18.1. The van der Waals surface area contributed by atoms with Gasteiger partial charge in [0.15, 0.2) is 0 Å². The number of aliphatic hydroxyl groups excluding tert-OH is 1. The summed E-state index contributed by atoms with van der Waals surface area (Å²) in [5.41, 5.74) is 2.65. The predicted molar refractivity (Wildman–Crippen MR) is 110 cm³/mol. The lowest BCUT2D eigenvalue weighted by Gasteiger charge is -2.17. The van der Waals surface area contributed by atoms with Gasteiger partial charge in [-0.3, -0.25) is 0 Å². The Labute approximate surface area is 163 Å². The smallest absolute Gasteiger partial charge is 0.229 e. The summed E-state index contributed by atoms with van der Waals surface area (Å²) in [5.74, 6) is 1.56. The number of nitrogens with one attached hydrogen (secondary N) is 2. The maximum absolute atomic E-state index is 10.5. The number of aromatic amines is 1. The van der Waals surface area contributed by atoms with E-state index in [1.807, 2.05) is 25.1 Å². The van der Waals surface area contributed by atoms with E-state index in [-0.39, 0.29) is 0 Å². The Morgan fingerprint density at radius 1 is 1.26 bits per heavy atom. The predicted octanol–water partition coefficient (Wildman–Crippen LogP) is 4.06. The molecule has 0 aliphatic carbocycles. The third-order valence-electron chi connectivity index (χ3n) is 4.97. The molecule has 3 heterocycles. The highest BCUT2D eigenvalue weighted by Crippen LogP contribution is 2.28. The zero-order valence-electron chi connectivity index (χ0n) is 15.4. The van der Waals surface area contributed by atoms with Crippen LogP contribution in [-0.2, 0) is 0 Å². The van der Waals surface area contributed by atoms with Crippen molar-refractivity contribution >= 4 is 34.4 Å². The zero-order valence-corrected chi connectivity index (χ0v) is 16.1. The van der Waals surface area contributed by atoms with Crippen LogP contribution < -0.4 is 10.2 Å². The number of anilines is 2. The van der Waals surface area contributed by atoms with Gasteiger partial charge in [0.25, 0.3) is 0 Å². The Morgan fingerprint density at radius 2 is 2.04 bits per heavy atom. The van der Waals surface area contributed by atoms with Crippen LogP contribution >= 0.6 is 11.6 Å². The van der Waals surface area contributed by atoms with Crippen LogP contribution in [0, 0.1) is 6.92 Å². The van der Waals surface area contributed by atoms with Crippen LogP contribution in [0.15, 0.2) is 30.3 Å². The van der Waals surface area contributed by atoms with Crippen molar-refractivity contribution in [1.29, 1.82) is 0 Å². The van der Waals surface area contributed by atoms with E-state index >= 15 is 0 Å². The number of aryl methyl sites for hydroxylation is 1. The molecule has 2 aromatic heterocycles. The Kier molecular flexibility index (Phi) is 5.18. The van der Waals surface area contributed by atoms with Gasteiger partial charge in [0, 0.05) is 30.4 Å². The molecule has 142 valence electrons. The minimum atomic E-state index is -0.616. The maximum atomic E-state index is 10.5. The van der Waals surface area contributed by atoms with E-state index in [1.54, 1.807) is 6.07 Å². The monoisotopic (exact) mass is 385 g/mol. The molecular weight excluding hydrogens is 362 g/mol. The number of nitrogens with zero attached hydrogens (tertiary/aromatic N) is 3. The Bertz CT molecular complexity index is 935. The van der Waals surface area contributed by atoms with Crippen LogP contribution in [0.5, 0.6) is 0 Å². The minimum absolute atomic E-state index is 0.539. The number of fused-ring (bicyclic) bond motifs is 1. The summed E-state index contributed by atoms with van der Waals surface area (Å²) in [4.78, 5) is 15.0. The number of halogens is 1. The number of aromatic nitrogens is 3. The second kappa shape index (κ2) is 7.74. The van der Waals surface area contributed by atoms with E-state index in [0.717, 1.165) is 47.1 Å². The first-order chi connectivity index (χ1) is 13.1. The first-order valence-electron chi connectivity index (χ1n) is 9.40. The molecule has 3 N–H and O–H groups in total. The highest BCUT2D eigenvalue weighted by atomic mass is 35.5. The molecule has 7 heteroatoms. The van der Waals surface area contributed by atoms with Crippen LogP contribution in [0.1, 0.15) is 36.6 Å². The highest BCUT2D eigenvalue weighted by molar-refractivity contribution is 6.31. The van der Waals surface area contributed by atoms with Crippen molar-refractivity contribution in [3.05, 3.63) is 46.6 Å². The summed E-state index contributed by atoms with van der Waals surface area (Å²) >= 11 is 6.18. The molecule has 0 bridgehead atoms. The van der Waals surface area contributed by atoms with Crippen molar-refractivity contribution in [3.63, 3.8) is 0 Å². The SMILES string of the molecule is Cc1cc2c(NCCC(O)c3ccccc3Cl)nc(N3CCCC3)nc2[nH]1. The first-order valence-corrected chi connectivity index (χ1v) is 9.78. The molecule has 0 amide bonds. The van der Waals surface area contributed by atoms with Crippen LogP contribution in [0.25, 0.3) is 11.0 Å². The van der Waals surface area contributed by atoms with E-state index in [2.05, 4.69) is 21.3 Å². The van der Waals surface area contributed by atoms with Crippen LogP contribution in [0.4, 0.5) is 11.8 Å². The lowest BCUT2D eigenvalue weighted by atomic mass is 10.1. The van der Waals surface area contributed by atoms with Gasteiger partial charge in [0.2, 0.25) is 5.95 Å². The molecule has 1 aliphatic rings. The van der Waals surface area contributed by atoms with Gasteiger partial charge in [-0.2, -0.15) is 9.97 Å². The molecule has 0 saturated carbocycles. The zero-order chi connectivity index (χ0) is 18.8. The van der Waals surface area contributed by atoms with Crippen LogP contribution in [0.3, 0.4) is 0 Å². The van der Waals surface area contributed by atoms with E-state index in [1.165, 1.54) is 12.8 Å². The van der Waals surface area contributed by atoms with Gasteiger partial charge in [0.05, 0.1) is 11.5 Å². The number of hydrogen-bond donors (Lipinski definition) is 3. The summed E-state index contributed by atoms with van der Waals surface area (Å²) in [7, 11) is 0. The van der Waals surface area contributed by atoms with Crippen molar-refractivity contribution in [3.8, 4) is 0 Å². The molecule has 1 fully saturated rings. The van der Waals surface area contributed by atoms with Crippen molar-refractivity contribution in [1.82, 2.24) is 15.0 Å². The topological polar surface area (TPSA) is 77.1 Å². The molecule has 0 spiro atoms. The normalized spacial score (nSPS) is 15.4. The molecule has 6 nitrogen and oxygen atoms in total. The van der Waals surface area contributed by atoms with Gasteiger partial charge in [-0.05, 0) is 43.9 Å². The van der Waals surface area contributed by atoms with Gasteiger partial charge in [0.1, 0.15) is 11.5 Å². The number of aliphatic hydroxyl groups is 1. The van der Waals surface area contributed by atoms with Gasteiger partial charge < -0.3 is 20.3 Å². The number of rotatable bonds is 6. The molecule has 1 aromatic carbocycles. The molecule has 1 unspecified atom stereocenters.